The molecule has 0 bridgehead atoms. The van der Waals surface area contributed by atoms with Crippen LogP contribution in [-0.2, 0) is 22.5 Å². The van der Waals surface area contributed by atoms with Crippen molar-refractivity contribution in [3.05, 3.63) is 71.3 Å². The molecule has 0 aliphatic rings. The fraction of sp³-hybridized carbons (Fsp3) is 0.375. The van der Waals surface area contributed by atoms with Gasteiger partial charge in [0.05, 0.1) is 29.9 Å². The van der Waals surface area contributed by atoms with Gasteiger partial charge in [-0.25, -0.2) is 13.8 Å². The molecule has 4 heterocycles. The quantitative estimate of drug-likeness (QED) is 0.397. The minimum atomic E-state index is -1.20. The third-order valence-corrected chi connectivity index (χ3v) is 4.98. The highest BCUT2D eigenvalue weighted by Gasteiger charge is 2.30. The van der Waals surface area contributed by atoms with Crippen LogP contribution in [0.1, 0.15) is 61.9 Å². The second kappa shape index (κ2) is 9.30. The standard InChI is InChI=1S/C13H16N2O3.C11H14N2O2/c1-4-18-12(16)10-9-7-5-6-8-15(9)14-11(10)13(2,3)17;1-11(2,15)10-8(7-14)9-5-3-4-6-13(9)12-10/h5-8,17H,4H2,1-3H3;3-6,14-15H,7H2,1-2H3. The molecule has 0 saturated carbocycles. The van der Waals surface area contributed by atoms with Gasteiger partial charge in [0.2, 0.25) is 0 Å². The number of aliphatic hydroxyl groups excluding tert-OH is 1. The molecule has 9 heteroatoms. The van der Waals surface area contributed by atoms with Crippen molar-refractivity contribution in [3.8, 4) is 0 Å². The van der Waals surface area contributed by atoms with Crippen LogP contribution >= 0.6 is 0 Å². The van der Waals surface area contributed by atoms with Crippen LogP contribution in [0.2, 0.25) is 0 Å². The van der Waals surface area contributed by atoms with Crippen molar-refractivity contribution in [3.63, 3.8) is 0 Å². The van der Waals surface area contributed by atoms with Gasteiger partial charge in [-0.2, -0.15) is 10.2 Å². The molecule has 3 N–H and O–H groups in total. The molecular weight excluding hydrogens is 424 g/mol. The van der Waals surface area contributed by atoms with E-state index in [0.29, 0.717) is 28.0 Å². The zero-order valence-corrected chi connectivity index (χ0v) is 19.5. The molecule has 9 nitrogen and oxygen atoms in total. The summed E-state index contributed by atoms with van der Waals surface area (Å²) in [6, 6.07) is 11.0. The molecule has 0 radical (unpaired) electrons. The topological polar surface area (TPSA) is 122 Å². The summed E-state index contributed by atoms with van der Waals surface area (Å²) in [5.74, 6) is -0.462. The van der Waals surface area contributed by atoms with Gasteiger partial charge in [0.25, 0.3) is 0 Å². The Balaban J connectivity index is 0.000000189. The molecular formula is C24H30N4O5. The Morgan fingerprint density at radius 3 is 1.94 bits per heavy atom. The number of nitrogens with zero attached hydrogens (tertiary/aromatic N) is 4. The van der Waals surface area contributed by atoms with Gasteiger partial charge >= 0.3 is 5.97 Å². The van der Waals surface area contributed by atoms with Gasteiger partial charge < -0.3 is 20.1 Å². The summed E-state index contributed by atoms with van der Waals surface area (Å²) < 4.78 is 8.26. The molecule has 33 heavy (non-hydrogen) atoms. The number of hydrogen-bond acceptors (Lipinski definition) is 7. The minimum absolute atomic E-state index is 0.118. The maximum atomic E-state index is 12.0. The van der Waals surface area contributed by atoms with Crippen LogP contribution in [0.25, 0.3) is 11.0 Å². The highest BCUT2D eigenvalue weighted by Crippen LogP contribution is 2.27. The molecule has 0 spiro atoms. The summed E-state index contributed by atoms with van der Waals surface area (Å²) in [5.41, 5.74) is 1.08. The fourth-order valence-electron chi connectivity index (χ4n) is 3.53. The predicted molar refractivity (Wildman–Crippen MR) is 123 cm³/mol. The number of carbonyl (C=O) groups is 1. The summed E-state index contributed by atoms with van der Waals surface area (Å²) in [7, 11) is 0. The van der Waals surface area contributed by atoms with E-state index in [1.165, 1.54) is 0 Å². The second-order valence-corrected chi connectivity index (χ2v) is 8.61. The Morgan fingerprint density at radius 2 is 1.42 bits per heavy atom. The Hall–Kier alpha value is -3.27. The Morgan fingerprint density at radius 1 is 0.909 bits per heavy atom. The van der Waals surface area contributed by atoms with Gasteiger partial charge in [-0.15, -0.1) is 0 Å². The van der Waals surface area contributed by atoms with Gasteiger partial charge in [-0.1, -0.05) is 12.1 Å². The zero-order chi connectivity index (χ0) is 24.4. The van der Waals surface area contributed by atoms with E-state index in [4.69, 9.17) is 4.74 Å². The van der Waals surface area contributed by atoms with Crippen molar-refractivity contribution in [2.45, 2.75) is 52.4 Å². The normalized spacial score (nSPS) is 12.0. The number of aliphatic hydroxyl groups is 3. The van der Waals surface area contributed by atoms with E-state index in [2.05, 4.69) is 10.2 Å². The van der Waals surface area contributed by atoms with E-state index in [0.717, 1.165) is 5.52 Å². The first kappa shape index (κ1) is 24.4. The first-order chi connectivity index (χ1) is 15.5. The summed E-state index contributed by atoms with van der Waals surface area (Å²) in [5, 5.41) is 37.8. The van der Waals surface area contributed by atoms with Gasteiger partial charge in [0, 0.05) is 18.0 Å². The smallest absolute Gasteiger partial charge is 0.342 e. The summed E-state index contributed by atoms with van der Waals surface area (Å²) >= 11 is 0. The molecule has 4 aromatic rings. The number of pyridine rings is 2. The van der Waals surface area contributed by atoms with Crippen molar-refractivity contribution in [1.29, 1.82) is 0 Å². The number of fused-ring (bicyclic) bond motifs is 2. The maximum Gasteiger partial charge on any atom is 0.342 e. The van der Waals surface area contributed by atoms with Crippen LogP contribution in [0, 0.1) is 0 Å². The average Bonchev–Trinajstić information content (AvgIpc) is 3.33. The molecule has 0 atom stereocenters. The zero-order valence-electron chi connectivity index (χ0n) is 19.5. The molecule has 0 aromatic carbocycles. The van der Waals surface area contributed by atoms with Crippen molar-refractivity contribution in [2.24, 2.45) is 0 Å². The fourth-order valence-corrected chi connectivity index (χ4v) is 3.53. The van der Waals surface area contributed by atoms with E-state index in [1.54, 1.807) is 62.1 Å². The number of aromatic nitrogens is 4. The van der Waals surface area contributed by atoms with Crippen molar-refractivity contribution < 1.29 is 24.9 Å². The lowest BCUT2D eigenvalue weighted by molar-refractivity contribution is 0.0485. The summed E-state index contributed by atoms with van der Waals surface area (Å²) in [4.78, 5) is 12.0. The van der Waals surface area contributed by atoms with E-state index in [9.17, 15) is 20.1 Å². The lowest BCUT2D eigenvalue weighted by atomic mass is 10.0. The van der Waals surface area contributed by atoms with Crippen LogP contribution in [0.15, 0.2) is 48.8 Å². The number of ether oxygens (including phenoxy) is 1. The molecule has 4 rings (SSSR count). The largest absolute Gasteiger partial charge is 0.462 e. The predicted octanol–water partition coefficient (Wildman–Crippen LogP) is 2.79. The lowest BCUT2D eigenvalue weighted by Crippen LogP contribution is -2.21. The molecule has 0 unspecified atom stereocenters. The summed E-state index contributed by atoms with van der Waals surface area (Å²) in [6.07, 6.45) is 3.52. The van der Waals surface area contributed by atoms with E-state index in [1.807, 2.05) is 30.3 Å². The van der Waals surface area contributed by atoms with Crippen molar-refractivity contribution in [1.82, 2.24) is 19.2 Å². The number of rotatable bonds is 5. The molecule has 176 valence electrons. The molecule has 0 fully saturated rings. The third kappa shape index (κ3) is 5.05. The number of esters is 1. The van der Waals surface area contributed by atoms with Gasteiger partial charge in [0.15, 0.2) is 0 Å². The first-order valence-electron chi connectivity index (χ1n) is 10.7. The lowest BCUT2D eigenvalue weighted by Gasteiger charge is -2.15. The minimum Gasteiger partial charge on any atom is -0.462 e. The Bertz CT molecular complexity index is 1260. The van der Waals surface area contributed by atoms with Crippen LogP contribution < -0.4 is 0 Å². The maximum absolute atomic E-state index is 12.0. The van der Waals surface area contributed by atoms with Crippen LogP contribution in [-0.4, -0.2) is 47.1 Å². The van der Waals surface area contributed by atoms with E-state index < -0.39 is 17.2 Å². The van der Waals surface area contributed by atoms with Gasteiger partial charge in [0.1, 0.15) is 22.5 Å². The van der Waals surface area contributed by atoms with E-state index >= 15 is 0 Å². The van der Waals surface area contributed by atoms with Crippen LogP contribution in [0.4, 0.5) is 0 Å². The van der Waals surface area contributed by atoms with E-state index in [-0.39, 0.29) is 13.2 Å². The van der Waals surface area contributed by atoms with Gasteiger partial charge in [-0.3, -0.25) is 0 Å². The third-order valence-electron chi connectivity index (χ3n) is 4.98. The second-order valence-electron chi connectivity index (χ2n) is 8.61. The Labute approximate surface area is 191 Å². The molecule has 0 aliphatic carbocycles. The molecule has 0 aliphatic heterocycles. The highest BCUT2D eigenvalue weighted by atomic mass is 16.5. The van der Waals surface area contributed by atoms with Crippen LogP contribution in [0.3, 0.4) is 0 Å². The number of carbonyl (C=O) groups excluding carboxylic acids is 1. The average molecular weight is 455 g/mol. The van der Waals surface area contributed by atoms with Crippen molar-refractivity contribution in [2.75, 3.05) is 6.61 Å². The number of hydrogen-bond donors (Lipinski definition) is 3. The van der Waals surface area contributed by atoms with Gasteiger partial charge in [-0.05, 0) is 58.9 Å². The van der Waals surface area contributed by atoms with Crippen molar-refractivity contribution >= 4 is 17.0 Å². The SMILES string of the molecule is CC(C)(O)c1nn2ccccc2c1CO.CCOC(=O)c1c(C(C)(C)O)nn2ccccc12. The summed E-state index contributed by atoms with van der Waals surface area (Å²) in [6.45, 7) is 8.42. The monoisotopic (exact) mass is 454 g/mol. The molecule has 4 aromatic heterocycles. The molecule has 0 amide bonds. The highest BCUT2D eigenvalue weighted by molar-refractivity contribution is 5.98. The first-order valence-corrected chi connectivity index (χ1v) is 10.7. The molecule has 0 saturated heterocycles. The van der Waals surface area contributed by atoms with Crippen LogP contribution in [0.5, 0.6) is 0 Å². The Kier molecular flexibility index (Phi) is 6.87.